The Balaban J connectivity index is 2.10. The van der Waals surface area contributed by atoms with Gasteiger partial charge in [-0.15, -0.1) is 0 Å². The number of rotatable bonds is 1. The van der Waals surface area contributed by atoms with Crippen LogP contribution in [0.1, 0.15) is 16.7 Å². The Bertz CT molecular complexity index is 538. The number of nitrogens with one attached hydrogen (secondary N) is 1. The van der Waals surface area contributed by atoms with Crippen molar-refractivity contribution in [3.63, 3.8) is 0 Å². The molecule has 5 nitrogen and oxygen atoms in total. The van der Waals surface area contributed by atoms with Gasteiger partial charge in [0.15, 0.2) is 0 Å². The summed E-state index contributed by atoms with van der Waals surface area (Å²) in [6.45, 7) is 6.09. The fraction of sp³-hybridized carbons (Fsp3) is 0.500. The molecule has 102 valence electrons. The number of amides is 1. The van der Waals surface area contributed by atoms with Gasteiger partial charge in [0, 0.05) is 18.7 Å². The van der Waals surface area contributed by atoms with Crippen LogP contribution in [0.15, 0.2) is 12.1 Å². The fourth-order valence-electron chi connectivity index (χ4n) is 2.93. The molecule has 3 rings (SSSR count). The van der Waals surface area contributed by atoms with Gasteiger partial charge in [0.1, 0.15) is 0 Å². The molecule has 1 aromatic rings. The SMILES string of the molecule is Cc1cc(C)c2c(c1)[C@@](O)(N1CCOCC1)C(=O)N2. The van der Waals surface area contributed by atoms with Crippen molar-refractivity contribution in [3.8, 4) is 0 Å². The minimum atomic E-state index is -1.56. The van der Waals surface area contributed by atoms with Crippen molar-refractivity contribution < 1.29 is 14.6 Å². The van der Waals surface area contributed by atoms with E-state index >= 15 is 0 Å². The number of aryl methyl sites for hydroxylation is 2. The number of hydrogen-bond acceptors (Lipinski definition) is 4. The van der Waals surface area contributed by atoms with E-state index in [9.17, 15) is 9.90 Å². The summed E-state index contributed by atoms with van der Waals surface area (Å²) < 4.78 is 5.29. The lowest BCUT2D eigenvalue weighted by molar-refractivity contribution is -0.168. The molecule has 2 aliphatic rings. The zero-order valence-corrected chi connectivity index (χ0v) is 11.2. The molecule has 2 aliphatic heterocycles. The van der Waals surface area contributed by atoms with Crippen LogP contribution < -0.4 is 5.32 Å². The number of carbonyl (C=O) groups is 1. The Hall–Kier alpha value is -1.43. The number of hydrogen-bond donors (Lipinski definition) is 2. The maximum atomic E-state index is 12.3. The molecule has 1 fully saturated rings. The van der Waals surface area contributed by atoms with Crippen molar-refractivity contribution in [3.05, 3.63) is 28.8 Å². The van der Waals surface area contributed by atoms with Crippen LogP contribution in [0.5, 0.6) is 0 Å². The Kier molecular flexibility index (Phi) is 2.85. The highest BCUT2D eigenvalue weighted by Gasteiger charge is 2.50. The molecule has 0 saturated carbocycles. The van der Waals surface area contributed by atoms with Gasteiger partial charge in [0.25, 0.3) is 5.91 Å². The molecule has 0 radical (unpaired) electrons. The number of nitrogens with zero attached hydrogens (tertiary/aromatic N) is 1. The lowest BCUT2D eigenvalue weighted by atomic mass is 9.97. The number of aliphatic hydroxyl groups is 1. The zero-order chi connectivity index (χ0) is 13.6. The molecule has 1 aromatic carbocycles. The first-order valence-corrected chi connectivity index (χ1v) is 6.52. The molecule has 0 aromatic heterocycles. The van der Waals surface area contributed by atoms with Gasteiger partial charge in [-0.1, -0.05) is 11.6 Å². The summed E-state index contributed by atoms with van der Waals surface area (Å²) in [5, 5.41) is 13.8. The maximum absolute atomic E-state index is 12.3. The van der Waals surface area contributed by atoms with E-state index in [0.717, 1.165) is 16.8 Å². The van der Waals surface area contributed by atoms with E-state index < -0.39 is 5.72 Å². The molecule has 0 aliphatic carbocycles. The van der Waals surface area contributed by atoms with Crippen molar-refractivity contribution in [1.82, 2.24) is 4.90 Å². The van der Waals surface area contributed by atoms with Crippen LogP contribution in [-0.4, -0.2) is 42.2 Å². The number of ether oxygens (including phenoxy) is 1. The summed E-state index contributed by atoms with van der Waals surface area (Å²) in [6, 6.07) is 3.89. The fourth-order valence-corrected chi connectivity index (χ4v) is 2.93. The maximum Gasteiger partial charge on any atom is 0.276 e. The highest BCUT2D eigenvalue weighted by Crippen LogP contribution is 2.41. The monoisotopic (exact) mass is 262 g/mol. The number of fused-ring (bicyclic) bond motifs is 1. The van der Waals surface area contributed by atoms with Crippen LogP contribution in [-0.2, 0) is 15.3 Å². The van der Waals surface area contributed by atoms with Gasteiger partial charge in [-0.25, -0.2) is 0 Å². The molecule has 1 saturated heterocycles. The smallest absolute Gasteiger partial charge is 0.276 e. The third kappa shape index (κ3) is 1.77. The minimum absolute atomic E-state index is 0.363. The lowest BCUT2D eigenvalue weighted by Gasteiger charge is -2.37. The Morgan fingerprint density at radius 3 is 2.68 bits per heavy atom. The molecule has 5 heteroatoms. The van der Waals surface area contributed by atoms with E-state index in [-0.39, 0.29) is 5.91 Å². The number of morpholine rings is 1. The van der Waals surface area contributed by atoms with Gasteiger partial charge in [0.05, 0.1) is 18.9 Å². The van der Waals surface area contributed by atoms with Crippen LogP contribution in [0.3, 0.4) is 0 Å². The van der Waals surface area contributed by atoms with E-state index in [1.165, 1.54) is 0 Å². The zero-order valence-electron chi connectivity index (χ0n) is 11.2. The van der Waals surface area contributed by atoms with Gasteiger partial charge in [-0.2, -0.15) is 0 Å². The molecule has 0 spiro atoms. The van der Waals surface area contributed by atoms with E-state index in [1.54, 1.807) is 4.90 Å². The third-order valence-electron chi connectivity index (χ3n) is 3.88. The molecular formula is C14H18N2O3. The highest BCUT2D eigenvalue weighted by molar-refractivity contribution is 6.05. The second kappa shape index (κ2) is 4.30. The van der Waals surface area contributed by atoms with Crippen molar-refractivity contribution in [2.24, 2.45) is 0 Å². The average molecular weight is 262 g/mol. The van der Waals surface area contributed by atoms with Crippen molar-refractivity contribution in [2.75, 3.05) is 31.6 Å². The summed E-state index contributed by atoms with van der Waals surface area (Å²) in [4.78, 5) is 14.1. The standard InChI is InChI=1S/C14H18N2O3/c1-9-7-10(2)12-11(8-9)14(18,13(17)15-12)16-3-5-19-6-4-16/h7-8,18H,3-6H2,1-2H3,(H,15,17)/t14-/m0/s1. The number of anilines is 1. The van der Waals surface area contributed by atoms with E-state index in [0.29, 0.717) is 31.9 Å². The first kappa shape index (κ1) is 12.6. The Morgan fingerprint density at radius 1 is 1.32 bits per heavy atom. The van der Waals surface area contributed by atoms with Crippen LogP contribution >= 0.6 is 0 Å². The summed E-state index contributed by atoms with van der Waals surface area (Å²) in [5.41, 5.74) is 1.86. The van der Waals surface area contributed by atoms with Crippen LogP contribution in [0.4, 0.5) is 5.69 Å². The van der Waals surface area contributed by atoms with E-state index in [1.807, 2.05) is 26.0 Å². The minimum Gasteiger partial charge on any atom is -0.379 e. The van der Waals surface area contributed by atoms with Gasteiger partial charge in [-0.05, 0) is 25.5 Å². The van der Waals surface area contributed by atoms with Crippen molar-refractivity contribution >= 4 is 11.6 Å². The van der Waals surface area contributed by atoms with Gasteiger partial charge in [-0.3, -0.25) is 9.69 Å². The van der Waals surface area contributed by atoms with E-state index in [2.05, 4.69) is 5.32 Å². The molecule has 0 bridgehead atoms. The van der Waals surface area contributed by atoms with Gasteiger partial charge >= 0.3 is 0 Å². The first-order valence-electron chi connectivity index (χ1n) is 6.52. The van der Waals surface area contributed by atoms with Crippen LogP contribution in [0.25, 0.3) is 0 Å². The third-order valence-corrected chi connectivity index (χ3v) is 3.88. The quantitative estimate of drug-likeness (QED) is 0.783. The summed E-state index contributed by atoms with van der Waals surface area (Å²) in [6.07, 6.45) is 0. The molecule has 0 unspecified atom stereocenters. The molecule has 1 atom stereocenters. The largest absolute Gasteiger partial charge is 0.379 e. The van der Waals surface area contributed by atoms with Crippen LogP contribution in [0, 0.1) is 13.8 Å². The second-order valence-corrected chi connectivity index (χ2v) is 5.23. The van der Waals surface area contributed by atoms with Crippen molar-refractivity contribution in [1.29, 1.82) is 0 Å². The topological polar surface area (TPSA) is 61.8 Å². The lowest BCUT2D eigenvalue weighted by Crippen LogP contribution is -2.55. The molecule has 2 heterocycles. The van der Waals surface area contributed by atoms with Crippen LogP contribution in [0.2, 0.25) is 0 Å². The first-order chi connectivity index (χ1) is 9.03. The second-order valence-electron chi connectivity index (χ2n) is 5.23. The van der Waals surface area contributed by atoms with Crippen molar-refractivity contribution in [2.45, 2.75) is 19.6 Å². The predicted molar refractivity (Wildman–Crippen MR) is 70.8 cm³/mol. The summed E-state index contributed by atoms with van der Waals surface area (Å²) in [7, 11) is 0. The number of carbonyl (C=O) groups excluding carboxylic acids is 1. The Morgan fingerprint density at radius 2 is 2.00 bits per heavy atom. The highest BCUT2D eigenvalue weighted by atomic mass is 16.5. The number of benzene rings is 1. The molecule has 1 amide bonds. The predicted octanol–water partition coefficient (Wildman–Crippen LogP) is 0.733. The van der Waals surface area contributed by atoms with E-state index in [4.69, 9.17) is 4.74 Å². The molecule has 2 N–H and O–H groups in total. The summed E-state index contributed by atoms with van der Waals surface area (Å²) >= 11 is 0. The van der Waals surface area contributed by atoms with Gasteiger partial charge < -0.3 is 15.2 Å². The summed E-state index contributed by atoms with van der Waals surface area (Å²) in [5.74, 6) is -0.363. The molecule has 19 heavy (non-hydrogen) atoms. The van der Waals surface area contributed by atoms with Gasteiger partial charge in [0.2, 0.25) is 5.72 Å². The average Bonchev–Trinajstić information content (AvgIpc) is 2.66. The normalized spacial score (nSPS) is 27.2. The molecular weight excluding hydrogens is 244 g/mol. The Labute approximate surface area is 112 Å².